The number of carbonyl (C=O) groups is 1. The third kappa shape index (κ3) is 3.13. The maximum absolute atomic E-state index is 13.3. The van der Waals surface area contributed by atoms with Gasteiger partial charge < -0.3 is 10.2 Å². The zero-order valence-electron chi connectivity index (χ0n) is 9.95. The topological polar surface area (TPSA) is 32.3 Å². The minimum Gasteiger partial charge on any atom is -0.336 e. The van der Waals surface area contributed by atoms with Crippen LogP contribution in [0.15, 0.2) is 18.2 Å². The normalized spacial score (nSPS) is 19.3. The average Bonchev–Trinajstić information content (AvgIpc) is 2.32. The Hall–Kier alpha value is -0.840. The molecule has 6 heteroatoms. The number of hydrogen-bond donors (Lipinski definition) is 1. The van der Waals surface area contributed by atoms with E-state index in [4.69, 9.17) is 11.6 Å². The number of carbonyl (C=O) groups excluding carboxylic acids is 1. The fourth-order valence-electron chi connectivity index (χ4n) is 1.96. The molecule has 1 saturated heterocycles. The second-order valence-electron chi connectivity index (χ2n) is 4.21. The number of halogens is 3. The van der Waals surface area contributed by atoms with Gasteiger partial charge in [-0.25, -0.2) is 4.39 Å². The number of rotatable bonds is 1. The molecule has 100 valence electrons. The van der Waals surface area contributed by atoms with Gasteiger partial charge in [0.25, 0.3) is 5.91 Å². The molecular weight excluding hydrogens is 278 g/mol. The number of nitrogens with zero attached hydrogens (tertiary/aromatic N) is 1. The highest BCUT2D eigenvalue weighted by Gasteiger charge is 2.23. The summed E-state index contributed by atoms with van der Waals surface area (Å²) >= 11 is 5.81. The van der Waals surface area contributed by atoms with Gasteiger partial charge in [-0.05, 0) is 19.1 Å². The van der Waals surface area contributed by atoms with Gasteiger partial charge in [-0.15, -0.1) is 12.4 Å². The molecule has 1 aromatic rings. The van der Waals surface area contributed by atoms with E-state index < -0.39 is 5.82 Å². The van der Waals surface area contributed by atoms with E-state index >= 15 is 0 Å². The van der Waals surface area contributed by atoms with Crippen molar-refractivity contribution in [1.29, 1.82) is 0 Å². The van der Waals surface area contributed by atoms with Crippen LogP contribution in [0, 0.1) is 5.82 Å². The van der Waals surface area contributed by atoms with E-state index in [1.165, 1.54) is 12.1 Å². The van der Waals surface area contributed by atoms with E-state index in [1.54, 1.807) is 11.0 Å². The second-order valence-corrected chi connectivity index (χ2v) is 4.59. The summed E-state index contributed by atoms with van der Waals surface area (Å²) < 4.78 is 13.3. The Bertz CT molecular complexity index is 442. The van der Waals surface area contributed by atoms with Gasteiger partial charge in [0.2, 0.25) is 0 Å². The maximum atomic E-state index is 13.3. The van der Waals surface area contributed by atoms with E-state index in [1.807, 2.05) is 6.92 Å². The fourth-order valence-corrected chi connectivity index (χ4v) is 2.16. The van der Waals surface area contributed by atoms with Crippen molar-refractivity contribution in [1.82, 2.24) is 10.2 Å². The lowest BCUT2D eigenvalue weighted by atomic mass is 10.1. The van der Waals surface area contributed by atoms with Crippen LogP contribution >= 0.6 is 24.0 Å². The monoisotopic (exact) mass is 292 g/mol. The molecule has 1 N–H and O–H groups in total. The Morgan fingerprint density at radius 3 is 2.94 bits per heavy atom. The van der Waals surface area contributed by atoms with Gasteiger partial charge in [-0.1, -0.05) is 17.7 Å². The van der Waals surface area contributed by atoms with Gasteiger partial charge in [-0.2, -0.15) is 0 Å². The first-order valence-electron chi connectivity index (χ1n) is 5.56. The van der Waals surface area contributed by atoms with Gasteiger partial charge in [-0.3, -0.25) is 4.79 Å². The van der Waals surface area contributed by atoms with Gasteiger partial charge in [0, 0.05) is 25.7 Å². The van der Waals surface area contributed by atoms with Crippen LogP contribution in [0.3, 0.4) is 0 Å². The molecular formula is C12H15Cl2FN2O. The number of nitrogens with one attached hydrogen (secondary N) is 1. The van der Waals surface area contributed by atoms with E-state index in [2.05, 4.69) is 5.32 Å². The number of amides is 1. The highest BCUT2D eigenvalue weighted by molar-refractivity contribution is 6.34. The number of hydrogen-bond acceptors (Lipinski definition) is 2. The molecule has 0 unspecified atom stereocenters. The highest BCUT2D eigenvalue weighted by Crippen LogP contribution is 2.21. The molecule has 0 saturated carbocycles. The summed E-state index contributed by atoms with van der Waals surface area (Å²) in [7, 11) is 0. The van der Waals surface area contributed by atoms with Crippen LogP contribution in [0.2, 0.25) is 5.02 Å². The van der Waals surface area contributed by atoms with Crippen molar-refractivity contribution in [3.63, 3.8) is 0 Å². The molecule has 1 amide bonds. The summed E-state index contributed by atoms with van der Waals surface area (Å²) in [6, 6.07) is 4.56. The van der Waals surface area contributed by atoms with Crippen LogP contribution < -0.4 is 5.32 Å². The lowest BCUT2D eigenvalue weighted by Gasteiger charge is -2.32. The smallest absolute Gasteiger partial charge is 0.255 e. The summed E-state index contributed by atoms with van der Waals surface area (Å²) in [5, 5.41) is 3.15. The van der Waals surface area contributed by atoms with Crippen molar-refractivity contribution in [2.75, 3.05) is 19.6 Å². The third-order valence-electron chi connectivity index (χ3n) is 2.84. The summed E-state index contributed by atoms with van der Waals surface area (Å²) in [5.74, 6) is -0.761. The quantitative estimate of drug-likeness (QED) is 0.862. The van der Waals surface area contributed by atoms with Crippen LogP contribution in [0.25, 0.3) is 0 Å². The summed E-state index contributed by atoms with van der Waals surface area (Å²) in [4.78, 5) is 13.9. The average molecular weight is 293 g/mol. The molecule has 0 bridgehead atoms. The van der Waals surface area contributed by atoms with Crippen molar-refractivity contribution in [3.05, 3.63) is 34.6 Å². The Morgan fingerprint density at radius 1 is 1.56 bits per heavy atom. The van der Waals surface area contributed by atoms with Crippen LogP contribution in [0.1, 0.15) is 17.3 Å². The molecule has 1 atom stereocenters. The lowest BCUT2D eigenvalue weighted by Crippen LogP contribution is -2.51. The summed E-state index contributed by atoms with van der Waals surface area (Å²) in [5.41, 5.74) is 0.237. The molecule has 0 radical (unpaired) electrons. The van der Waals surface area contributed by atoms with Crippen molar-refractivity contribution in [2.24, 2.45) is 0 Å². The van der Waals surface area contributed by atoms with Crippen molar-refractivity contribution < 1.29 is 9.18 Å². The highest BCUT2D eigenvalue weighted by atomic mass is 35.5. The molecule has 0 aromatic heterocycles. The van der Waals surface area contributed by atoms with Crippen LogP contribution in [0.4, 0.5) is 4.39 Å². The lowest BCUT2D eigenvalue weighted by molar-refractivity contribution is 0.0709. The zero-order chi connectivity index (χ0) is 12.4. The van der Waals surface area contributed by atoms with Crippen LogP contribution in [0.5, 0.6) is 0 Å². The fraction of sp³-hybridized carbons (Fsp3) is 0.417. The van der Waals surface area contributed by atoms with Gasteiger partial charge in [0.05, 0.1) is 10.6 Å². The SMILES string of the molecule is C[C@@H]1CN(C(=O)c2cccc(F)c2Cl)CCN1.Cl. The second kappa shape index (κ2) is 6.36. The van der Waals surface area contributed by atoms with E-state index in [0.29, 0.717) is 13.1 Å². The first kappa shape index (κ1) is 15.2. The van der Waals surface area contributed by atoms with Crippen molar-refractivity contribution in [3.8, 4) is 0 Å². The first-order valence-corrected chi connectivity index (χ1v) is 5.94. The van der Waals surface area contributed by atoms with Gasteiger partial charge in [0.1, 0.15) is 5.82 Å². The van der Waals surface area contributed by atoms with Crippen LogP contribution in [-0.2, 0) is 0 Å². The van der Waals surface area contributed by atoms with E-state index in [9.17, 15) is 9.18 Å². The molecule has 3 nitrogen and oxygen atoms in total. The van der Waals surface area contributed by atoms with Crippen molar-refractivity contribution >= 4 is 29.9 Å². The van der Waals surface area contributed by atoms with E-state index in [0.717, 1.165) is 6.54 Å². The third-order valence-corrected chi connectivity index (χ3v) is 3.22. The molecule has 1 aromatic carbocycles. The molecule has 1 heterocycles. The minimum atomic E-state index is -0.555. The molecule has 2 rings (SSSR count). The van der Waals surface area contributed by atoms with Crippen LogP contribution in [-0.4, -0.2) is 36.5 Å². The summed E-state index contributed by atoms with van der Waals surface area (Å²) in [6.07, 6.45) is 0. The maximum Gasteiger partial charge on any atom is 0.255 e. The Morgan fingerprint density at radius 2 is 2.28 bits per heavy atom. The van der Waals surface area contributed by atoms with E-state index in [-0.39, 0.29) is 34.9 Å². The predicted octanol–water partition coefficient (Wildman–Crippen LogP) is 2.33. The molecule has 0 spiro atoms. The number of benzene rings is 1. The Balaban J connectivity index is 0.00000162. The van der Waals surface area contributed by atoms with Gasteiger partial charge >= 0.3 is 0 Å². The summed E-state index contributed by atoms with van der Waals surface area (Å²) in [6.45, 7) is 3.99. The standard InChI is InChI=1S/C12H14ClFN2O.ClH/c1-8-7-16(6-5-15-8)12(17)9-3-2-4-10(14)11(9)13;/h2-4,8,15H,5-7H2,1H3;1H/t8-;/m1./s1. The molecule has 1 aliphatic heterocycles. The Kier molecular flexibility index (Phi) is 5.38. The first-order chi connectivity index (χ1) is 8.09. The molecule has 1 fully saturated rings. The zero-order valence-corrected chi connectivity index (χ0v) is 11.5. The molecule has 1 aliphatic rings. The minimum absolute atomic E-state index is 0. The van der Waals surface area contributed by atoms with Crippen molar-refractivity contribution in [2.45, 2.75) is 13.0 Å². The largest absolute Gasteiger partial charge is 0.336 e. The Labute approximate surface area is 117 Å². The predicted molar refractivity (Wildman–Crippen MR) is 72.0 cm³/mol. The number of piperazine rings is 1. The molecule has 18 heavy (non-hydrogen) atoms. The molecule has 0 aliphatic carbocycles. The van der Waals surface area contributed by atoms with Gasteiger partial charge in [0.15, 0.2) is 0 Å².